The molecule has 3 rings (SSSR count). The molecule has 1 aliphatic rings. The summed E-state index contributed by atoms with van der Waals surface area (Å²) in [4.78, 5) is 19.4. The number of rotatable bonds is 4. The number of hydrogen-bond donors (Lipinski definition) is 1. The van der Waals surface area contributed by atoms with Gasteiger partial charge in [0.1, 0.15) is 4.88 Å². The number of pyridine rings is 1. The molecule has 2 aromatic heterocycles. The minimum absolute atomic E-state index is 0.192. The Morgan fingerprint density at radius 2 is 2.17 bits per heavy atom. The summed E-state index contributed by atoms with van der Waals surface area (Å²) in [5.74, 6) is -0.192. The maximum absolute atomic E-state index is 12.1. The number of thioether (sulfide) groups is 1. The summed E-state index contributed by atoms with van der Waals surface area (Å²) in [7, 11) is 2.16. The Bertz CT molecular complexity index is 666. The molecule has 0 unspecified atom stereocenters. The predicted octanol–water partition coefficient (Wildman–Crippen LogP) is 4.24. The minimum Gasteiger partial charge on any atom is -0.320 e. The Morgan fingerprint density at radius 3 is 2.78 bits per heavy atom. The van der Waals surface area contributed by atoms with Crippen LogP contribution < -0.4 is 5.32 Å². The number of carbonyl (C=O) groups is 1. The highest BCUT2D eigenvalue weighted by Gasteiger charge is 2.18. The van der Waals surface area contributed by atoms with Gasteiger partial charge in [0.25, 0.3) is 5.91 Å². The van der Waals surface area contributed by atoms with E-state index in [9.17, 15) is 4.79 Å². The molecule has 2 aromatic rings. The van der Waals surface area contributed by atoms with Crippen molar-refractivity contribution in [1.29, 1.82) is 0 Å². The zero-order valence-corrected chi connectivity index (χ0v) is 15.2. The van der Waals surface area contributed by atoms with Crippen LogP contribution in [-0.2, 0) is 0 Å². The van der Waals surface area contributed by atoms with Gasteiger partial charge in [0.15, 0.2) is 0 Å². The average Bonchev–Trinajstić information content (AvgIpc) is 2.98. The van der Waals surface area contributed by atoms with Crippen molar-refractivity contribution in [2.45, 2.75) is 23.1 Å². The highest BCUT2D eigenvalue weighted by atomic mass is 35.5. The highest BCUT2D eigenvalue weighted by Crippen LogP contribution is 2.29. The Balaban J connectivity index is 1.57. The van der Waals surface area contributed by atoms with Crippen LogP contribution in [0.25, 0.3) is 0 Å². The SMILES string of the molecule is CN1CCC(Sc2ccc(NC(=O)c3sccc3Cl)cn2)CC1. The van der Waals surface area contributed by atoms with Crippen molar-refractivity contribution in [1.82, 2.24) is 9.88 Å². The van der Waals surface area contributed by atoms with Crippen molar-refractivity contribution in [2.75, 3.05) is 25.5 Å². The van der Waals surface area contributed by atoms with Gasteiger partial charge >= 0.3 is 0 Å². The van der Waals surface area contributed by atoms with Gasteiger partial charge in [-0.3, -0.25) is 4.79 Å². The van der Waals surface area contributed by atoms with Crippen LogP contribution in [-0.4, -0.2) is 41.2 Å². The number of carbonyl (C=O) groups excluding carboxylic acids is 1. The number of amides is 1. The van der Waals surface area contributed by atoms with E-state index in [0.29, 0.717) is 20.8 Å². The number of nitrogens with zero attached hydrogens (tertiary/aromatic N) is 2. The lowest BCUT2D eigenvalue weighted by Gasteiger charge is -2.28. The molecule has 0 atom stereocenters. The monoisotopic (exact) mass is 367 g/mol. The molecule has 1 aliphatic heterocycles. The molecule has 4 nitrogen and oxygen atoms in total. The van der Waals surface area contributed by atoms with Crippen LogP contribution in [0.4, 0.5) is 5.69 Å². The van der Waals surface area contributed by atoms with Gasteiger partial charge in [-0.05, 0) is 56.6 Å². The molecule has 1 N–H and O–H groups in total. The van der Waals surface area contributed by atoms with Crippen LogP contribution in [0.5, 0.6) is 0 Å². The van der Waals surface area contributed by atoms with E-state index < -0.39 is 0 Å². The van der Waals surface area contributed by atoms with Crippen LogP contribution >= 0.6 is 34.7 Å². The lowest BCUT2D eigenvalue weighted by molar-refractivity contribution is 0.103. The molecule has 1 amide bonds. The Kier molecular flexibility index (Phi) is 5.58. The van der Waals surface area contributed by atoms with E-state index in [1.165, 1.54) is 24.2 Å². The molecule has 1 saturated heterocycles. The maximum atomic E-state index is 12.1. The summed E-state index contributed by atoms with van der Waals surface area (Å²) in [5, 5.41) is 6.75. The van der Waals surface area contributed by atoms with Crippen molar-refractivity contribution in [3.8, 4) is 0 Å². The molecular weight excluding hydrogens is 350 g/mol. The minimum atomic E-state index is -0.192. The third-order valence-corrected chi connectivity index (χ3v) is 6.40. The number of nitrogens with one attached hydrogen (secondary N) is 1. The second-order valence-electron chi connectivity index (χ2n) is 5.56. The number of likely N-dealkylation sites (tertiary alicyclic amines) is 1. The summed E-state index contributed by atoms with van der Waals surface area (Å²) in [5.41, 5.74) is 0.687. The third kappa shape index (κ3) is 4.47. The van der Waals surface area contributed by atoms with Crippen LogP contribution in [0.1, 0.15) is 22.5 Å². The largest absolute Gasteiger partial charge is 0.320 e. The molecule has 3 heterocycles. The fourth-order valence-electron chi connectivity index (χ4n) is 2.44. The van der Waals surface area contributed by atoms with Crippen molar-refractivity contribution in [3.63, 3.8) is 0 Å². The summed E-state index contributed by atoms with van der Waals surface area (Å²) < 4.78 is 0. The molecule has 7 heteroatoms. The maximum Gasteiger partial charge on any atom is 0.267 e. The molecular formula is C16H18ClN3OS2. The summed E-state index contributed by atoms with van der Waals surface area (Å²) >= 11 is 9.13. The zero-order chi connectivity index (χ0) is 16.2. The van der Waals surface area contributed by atoms with Gasteiger partial charge in [0.05, 0.1) is 21.9 Å². The number of hydrogen-bond acceptors (Lipinski definition) is 5. The lowest BCUT2D eigenvalue weighted by atomic mass is 10.1. The zero-order valence-electron chi connectivity index (χ0n) is 12.8. The molecule has 0 radical (unpaired) electrons. The van der Waals surface area contributed by atoms with E-state index in [4.69, 9.17) is 11.6 Å². The van der Waals surface area contributed by atoms with Crippen molar-refractivity contribution >= 4 is 46.3 Å². The third-order valence-electron chi connectivity index (χ3n) is 3.77. The molecule has 0 bridgehead atoms. The van der Waals surface area contributed by atoms with Crippen molar-refractivity contribution in [2.24, 2.45) is 0 Å². The quantitative estimate of drug-likeness (QED) is 0.878. The molecule has 0 saturated carbocycles. The Morgan fingerprint density at radius 1 is 1.39 bits per heavy atom. The second kappa shape index (κ2) is 7.66. The first kappa shape index (κ1) is 16.8. The Hall–Kier alpha value is -1.08. The molecule has 1 fully saturated rings. The Labute approximate surface area is 149 Å². The lowest BCUT2D eigenvalue weighted by Crippen LogP contribution is -2.31. The number of aromatic nitrogens is 1. The number of thiophene rings is 1. The topological polar surface area (TPSA) is 45.2 Å². The molecule has 0 aliphatic carbocycles. The number of halogens is 1. The van der Waals surface area contributed by atoms with Crippen LogP contribution in [0.15, 0.2) is 34.8 Å². The first-order chi connectivity index (χ1) is 11.1. The van der Waals surface area contributed by atoms with E-state index in [-0.39, 0.29) is 5.91 Å². The average molecular weight is 368 g/mol. The summed E-state index contributed by atoms with van der Waals surface area (Å²) in [6.07, 6.45) is 4.09. The van der Waals surface area contributed by atoms with Crippen LogP contribution in [0, 0.1) is 0 Å². The second-order valence-corrected chi connectivity index (χ2v) is 8.20. The van der Waals surface area contributed by atoms with Crippen molar-refractivity contribution in [3.05, 3.63) is 39.7 Å². The van der Waals surface area contributed by atoms with Gasteiger partial charge in [0, 0.05) is 5.25 Å². The summed E-state index contributed by atoms with van der Waals surface area (Å²) in [6.45, 7) is 2.29. The van der Waals surface area contributed by atoms with Gasteiger partial charge in [-0.1, -0.05) is 11.6 Å². The predicted molar refractivity (Wildman–Crippen MR) is 97.9 cm³/mol. The fourth-order valence-corrected chi connectivity index (χ4v) is 4.53. The number of piperidine rings is 1. The van der Waals surface area contributed by atoms with E-state index in [0.717, 1.165) is 18.1 Å². The fraction of sp³-hybridized carbons (Fsp3) is 0.375. The van der Waals surface area contributed by atoms with Gasteiger partial charge in [-0.15, -0.1) is 23.1 Å². The molecule has 0 spiro atoms. The van der Waals surface area contributed by atoms with E-state index in [1.807, 2.05) is 23.9 Å². The number of anilines is 1. The van der Waals surface area contributed by atoms with Crippen molar-refractivity contribution < 1.29 is 4.79 Å². The first-order valence-corrected chi connectivity index (χ1v) is 9.61. The van der Waals surface area contributed by atoms with Crippen LogP contribution in [0.3, 0.4) is 0 Å². The van der Waals surface area contributed by atoms with E-state index in [1.54, 1.807) is 17.6 Å². The molecule has 122 valence electrons. The van der Waals surface area contributed by atoms with E-state index in [2.05, 4.69) is 22.2 Å². The normalized spacial score (nSPS) is 16.4. The highest BCUT2D eigenvalue weighted by molar-refractivity contribution is 7.99. The van der Waals surface area contributed by atoms with Gasteiger partial charge in [-0.25, -0.2) is 4.98 Å². The smallest absolute Gasteiger partial charge is 0.267 e. The molecule has 23 heavy (non-hydrogen) atoms. The summed E-state index contributed by atoms with van der Waals surface area (Å²) in [6, 6.07) is 5.58. The first-order valence-electron chi connectivity index (χ1n) is 7.47. The van der Waals surface area contributed by atoms with Gasteiger partial charge < -0.3 is 10.2 Å². The van der Waals surface area contributed by atoms with E-state index >= 15 is 0 Å². The molecule has 0 aromatic carbocycles. The van der Waals surface area contributed by atoms with Crippen LogP contribution in [0.2, 0.25) is 5.02 Å². The standard InChI is InChI=1S/C16H18ClN3OS2/c1-20-7-4-12(5-8-20)23-14-3-2-11(10-18-14)19-16(21)15-13(17)6-9-22-15/h2-3,6,9-10,12H,4-5,7-8H2,1H3,(H,19,21). The van der Waals surface area contributed by atoms with Gasteiger partial charge in [0.2, 0.25) is 0 Å². The van der Waals surface area contributed by atoms with Gasteiger partial charge in [-0.2, -0.15) is 0 Å².